The second-order valence-electron chi connectivity index (χ2n) is 5.12. The zero-order valence-electron chi connectivity index (χ0n) is 12.0. The molecule has 1 amide bonds. The highest BCUT2D eigenvalue weighted by molar-refractivity contribution is 5.88. The molecular formula is C14H15F3N2O4. The number of hydrogen-bond acceptors (Lipinski definition) is 4. The van der Waals surface area contributed by atoms with Crippen molar-refractivity contribution < 1.29 is 32.6 Å². The quantitative estimate of drug-likeness (QED) is 0.884. The smallest absolute Gasteiger partial charge is 0.422 e. The fraction of sp³-hybridized carbons (Fsp3) is 0.429. The molecule has 6 nitrogen and oxygen atoms in total. The molecule has 2 N–H and O–H groups in total. The van der Waals surface area contributed by atoms with Crippen LogP contribution in [0.1, 0.15) is 16.8 Å². The first-order chi connectivity index (χ1) is 10.7. The summed E-state index contributed by atoms with van der Waals surface area (Å²) < 4.78 is 39.9. The van der Waals surface area contributed by atoms with Gasteiger partial charge in [-0.05, 0) is 30.7 Å². The second kappa shape index (κ2) is 6.76. The van der Waals surface area contributed by atoms with Crippen LogP contribution in [-0.2, 0) is 4.74 Å². The summed E-state index contributed by atoms with van der Waals surface area (Å²) in [5.41, 5.74) is 0.946. The van der Waals surface area contributed by atoms with Crippen LogP contribution >= 0.6 is 0 Å². The molecule has 0 aromatic heterocycles. The van der Waals surface area contributed by atoms with E-state index in [0.29, 0.717) is 19.5 Å². The lowest BCUT2D eigenvalue weighted by molar-refractivity contribution is -0.160. The molecule has 0 saturated carbocycles. The maximum absolute atomic E-state index is 11.9. The van der Waals surface area contributed by atoms with Gasteiger partial charge in [-0.3, -0.25) is 0 Å². The summed E-state index contributed by atoms with van der Waals surface area (Å²) in [6.07, 6.45) is -5.09. The number of amides is 1. The van der Waals surface area contributed by atoms with E-state index in [2.05, 4.69) is 10.1 Å². The zero-order valence-corrected chi connectivity index (χ0v) is 12.0. The minimum Gasteiger partial charge on any atom is -0.478 e. The molecule has 1 aliphatic rings. The Labute approximate surface area is 129 Å². The van der Waals surface area contributed by atoms with E-state index >= 15 is 0 Å². The Morgan fingerprint density at radius 2 is 1.96 bits per heavy atom. The lowest BCUT2D eigenvalue weighted by Gasteiger charge is -2.19. The number of nitrogens with zero attached hydrogens (tertiary/aromatic N) is 1. The molecule has 0 unspecified atom stereocenters. The van der Waals surface area contributed by atoms with Gasteiger partial charge in [0, 0.05) is 18.8 Å². The Kier molecular flexibility index (Phi) is 4.97. The predicted octanol–water partition coefficient (Wildman–Crippen LogP) is 2.25. The van der Waals surface area contributed by atoms with E-state index in [1.165, 1.54) is 12.1 Å². The Hall–Kier alpha value is -2.45. The molecule has 0 aliphatic carbocycles. The number of alkyl carbamates (subject to hydrolysis) is 1. The first-order valence-electron chi connectivity index (χ1n) is 6.83. The molecule has 1 aliphatic heterocycles. The van der Waals surface area contributed by atoms with Crippen LogP contribution in [0.15, 0.2) is 24.3 Å². The standard InChI is InChI=1S/C14H15F3N2O4/c15-14(16,17)8-23-13(22)18-10-5-6-19(7-10)11-3-1-9(2-4-11)12(20)21/h1-4,10H,5-8H2,(H,18,22)(H,20,21)/t10-/m0/s1. The van der Waals surface area contributed by atoms with Crippen LogP contribution in [0.3, 0.4) is 0 Å². The minimum atomic E-state index is -4.55. The molecule has 1 aromatic rings. The SMILES string of the molecule is O=C(N[C@H]1CCN(c2ccc(C(=O)O)cc2)C1)OCC(F)(F)F. The molecule has 23 heavy (non-hydrogen) atoms. The summed E-state index contributed by atoms with van der Waals surface area (Å²) in [5.74, 6) is -1.02. The fourth-order valence-corrected chi connectivity index (χ4v) is 2.28. The molecule has 2 rings (SSSR count). The van der Waals surface area contributed by atoms with E-state index in [-0.39, 0.29) is 11.6 Å². The number of nitrogens with one attached hydrogen (secondary N) is 1. The molecule has 9 heteroatoms. The number of hydrogen-bond donors (Lipinski definition) is 2. The predicted molar refractivity (Wildman–Crippen MR) is 74.6 cm³/mol. The van der Waals surface area contributed by atoms with Crippen LogP contribution < -0.4 is 10.2 Å². The Morgan fingerprint density at radius 3 is 2.52 bits per heavy atom. The molecular weight excluding hydrogens is 317 g/mol. The first kappa shape index (κ1) is 16.9. The summed E-state index contributed by atoms with van der Waals surface area (Å²) in [6, 6.07) is 5.91. The zero-order chi connectivity index (χ0) is 17.0. The van der Waals surface area contributed by atoms with Crippen LogP contribution in [-0.4, -0.2) is 49.1 Å². The van der Waals surface area contributed by atoms with Gasteiger partial charge < -0.3 is 20.1 Å². The highest BCUT2D eigenvalue weighted by atomic mass is 19.4. The number of carboxylic acids is 1. The first-order valence-corrected chi connectivity index (χ1v) is 6.83. The van der Waals surface area contributed by atoms with Crippen molar-refractivity contribution in [3.8, 4) is 0 Å². The van der Waals surface area contributed by atoms with Crippen LogP contribution in [0.4, 0.5) is 23.7 Å². The number of alkyl halides is 3. The maximum Gasteiger partial charge on any atom is 0.422 e. The summed E-state index contributed by atoms with van der Waals surface area (Å²) >= 11 is 0. The monoisotopic (exact) mass is 332 g/mol. The lowest BCUT2D eigenvalue weighted by atomic mass is 10.2. The minimum absolute atomic E-state index is 0.165. The molecule has 1 fully saturated rings. The van der Waals surface area contributed by atoms with Crippen LogP contribution in [0.25, 0.3) is 0 Å². The van der Waals surface area contributed by atoms with Gasteiger partial charge in [0.05, 0.1) is 11.6 Å². The molecule has 0 bridgehead atoms. The molecule has 1 atom stereocenters. The average molecular weight is 332 g/mol. The van der Waals surface area contributed by atoms with Gasteiger partial charge in [-0.2, -0.15) is 13.2 Å². The normalized spacial score (nSPS) is 17.9. The van der Waals surface area contributed by atoms with E-state index in [0.717, 1.165) is 5.69 Å². The third kappa shape index (κ3) is 5.04. The summed E-state index contributed by atoms with van der Waals surface area (Å²) in [7, 11) is 0. The number of carbonyl (C=O) groups is 2. The van der Waals surface area contributed by atoms with Crippen molar-refractivity contribution in [1.29, 1.82) is 0 Å². The van der Waals surface area contributed by atoms with Crippen molar-refractivity contribution in [2.75, 3.05) is 24.6 Å². The van der Waals surface area contributed by atoms with Gasteiger partial charge in [0.2, 0.25) is 0 Å². The fourth-order valence-electron chi connectivity index (χ4n) is 2.28. The molecule has 0 radical (unpaired) electrons. The van der Waals surface area contributed by atoms with Gasteiger partial charge in [-0.15, -0.1) is 0 Å². The number of carbonyl (C=O) groups excluding carboxylic acids is 1. The molecule has 126 valence electrons. The van der Waals surface area contributed by atoms with Crippen molar-refractivity contribution >= 4 is 17.7 Å². The molecule has 1 heterocycles. The number of rotatable bonds is 4. The van der Waals surface area contributed by atoms with Crippen LogP contribution in [0.5, 0.6) is 0 Å². The van der Waals surface area contributed by atoms with E-state index in [4.69, 9.17) is 5.11 Å². The van der Waals surface area contributed by atoms with Gasteiger partial charge in [-0.1, -0.05) is 0 Å². The highest BCUT2D eigenvalue weighted by Gasteiger charge is 2.31. The highest BCUT2D eigenvalue weighted by Crippen LogP contribution is 2.21. The van der Waals surface area contributed by atoms with Crippen molar-refractivity contribution in [2.24, 2.45) is 0 Å². The number of aromatic carboxylic acids is 1. The average Bonchev–Trinajstić information content (AvgIpc) is 2.93. The summed E-state index contributed by atoms with van der Waals surface area (Å²) in [5, 5.41) is 11.2. The van der Waals surface area contributed by atoms with Crippen molar-refractivity contribution in [2.45, 2.75) is 18.6 Å². The topological polar surface area (TPSA) is 78.9 Å². The maximum atomic E-state index is 11.9. The van der Waals surface area contributed by atoms with E-state index in [1.54, 1.807) is 12.1 Å². The number of anilines is 1. The van der Waals surface area contributed by atoms with Gasteiger partial charge in [0.1, 0.15) is 0 Å². The molecule has 1 aromatic carbocycles. The van der Waals surface area contributed by atoms with Crippen LogP contribution in [0, 0.1) is 0 Å². The summed E-state index contributed by atoms with van der Waals surface area (Å²) in [4.78, 5) is 24.0. The summed E-state index contributed by atoms with van der Waals surface area (Å²) in [6.45, 7) is -0.615. The number of benzene rings is 1. The van der Waals surface area contributed by atoms with E-state index in [9.17, 15) is 22.8 Å². The third-order valence-electron chi connectivity index (χ3n) is 3.36. The third-order valence-corrected chi connectivity index (χ3v) is 3.36. The van der Waals surface area contributed by atoms with E-state index in [1.807, 2.05) is 4.90 Å². The number of ether oxygens (including phenoxy) is 1. The van der Waals surface area contributed by atoms with Crippen molar-refractivity contribution in [1.82, 2.24) is 5.32 Å². The lowest BCUT2D eigenvalue weighted by Crippen LogP contribution is -2.38. The van der Waals surface area contributed by atoms with Crippen molar-refractivity contribution in [3.05, 3.63) is 29.8 Å². The van der Waals surface area contributed by atoms with Gasteiger partial charge in [0.25, 0.3) is 0 Å². The van der Waals surface area contributed by atoms with Crippen molar-refractivity contribution in [3.63, 3.8) is 0 Å². The van der Waals surface area contributed by atoms with Gasteiger partial charge in [-0.25, -0.2) is 9.59 Å². The Morgan fingerprint density at radius 1 is 1.30 bits per heavy atom. The van der Waals surface area contributed by atoms with Gasteiger partial charge in [0.15, 0.2) is 6.61 Å². The largest absolute Gasteiger partial charge is 0.478 e. The number of halogens is 3. The Balaban J connectivity index is 1.83. The molecule has 0 spiro atoms. The van der Waals surface area contributed by atoms with Gasteiger partial charge >= 0.3 is 18.2 Å². The van der Waals surface area contributed by atoms with E-state index < -0.39 is 24.8 Å². The Bertz CT molecular complexity index is 574. The number of carboxylic acid groups (broad SMARTS) is 1. The van der Waals surface area contributed by atoms with Crippen LogP contribution in [0.2, 0.25) is 0 Å². The molecule has 1 saturated heterocycles. The second-order valence-corrected chi connectivity index (χ2v) is 5.12.